The van der Waals surface area contributed by atoms with Crippen LogP contribution in [0.5, 0.6) is 0 Å². The minimum absolute atomic E-state index is 0.0683. The molecule has 1 heterocycles. The maximum absolute atomic E-state index is 14.0. The van der Waals surface area contributed by atoms with E-state index in [0.29, 0.717) is 108 Å². The summed E-state index contributed by atoms with van der Waals surface area (Å²) in [6.45, 7) is 15.5. The van der Waals surface area contributed by atoms with E-state index in [1.54, 1.807) is 53.4 Å². The molecule has 1 aliphatic heterocycles. The molecule has 3 rings (SSSR count). The first-order chi connectivity index (χ1) is 41.0. The largest absolute Gasteiger partial charge is 0.471 e. The molecule has 0 spiro atoms. The van der Waals surface area contributed by atoms with Crippen LogP contribution in [0.3, 0.4) is 0 Å². The van der Waals surface area contributed by atoms with Crippen LogP contribution in [0.1, 0.15) is 110 Å². The quantitative estimate of drug-likeness (QED) is 0.0199. The highest BCUT2D eigenvalue weighted by atomic mass is 31.2. The molecule has 0 aliphatic carbocycles. The molecule has 85 heavy (non-hydrogen) atoms. The van der Waals surface area contributed by atoms with Crippen LogP contribution in [0.15, 0.2) is 48.5 Å². The molecule has 482 valence electrons. The number of para-hydroxylation sites is 1. The third-order valence-corrected chi connectivity index (χ3v) is 12.8. The predicted octanol–water partition coefficient (Wildman–Crippen LogP) is 2.64. The van der Waals surface area contributed by atoms with Gasteiger partial charge in [0.05, 0.1) is 110 Å². The molecule has 0 saturated carbocycles. The van der Waals surface area contributed by atoms with Crippen LogP contribution >= 0.6 is 7.82 Å². The normalized spacial score (nSPS) is 13.5. The fourth-order valence-corrected chi connectivity index (χ4v) is 8.26. The molecule has 28 heteroatoms. The molecule has 2 aromatic carbocycles. The van der Waals surface area contributed by atoms with E-state index in [0.717, 1.165) is 13.5 Å². The second kappa shape index (κ2) is 48.1. The van der Waals surface area contributed by atoms with Crippen LogP contribution in [-0.2, 0) is 82.1 Å². The Kier molecular flexibility index (Phi) is 43.5. The Balaban J connectivity index is 0.00000883. The van der Waals surface area contributed by atoms with Crippen molar-refractivity contribution in [2.45, 2.75) is 105 Å². The molecule has 0 radical (unpaired) electrons. The summed E-state index contributed by atoms with van der Waals surface area (Å²) >= 11 is 0. The Morgan fingerprint density at radius 2 is 1.06 bits per heavy atom. The van der Waals surface area contributed by atoms with Gasteiger partial charge in [0, 0.05) is 84.1 Å². The Labute approximate surface area is 501 Å². The van der Waals surface area contributed by atoms with Gasteiger partial charge in [0.2, 0.25) is 41.4 Å². The van der Waals surface area contributed by atoms with Crippen molar-refractivity contribution in [3.8, 4) is 0 Å². The highest BCUT2D eigenvalue weighted by Gasteiger charge is 2.30. The van der Waals surface area contributed by atoms with Crippen molar-refractivity contribution in [2.24, 2.45) is 11.6 Å². The van der Waals surface area contributed by atoms with E-state index in [-0.39, 0.29) is 126 Å². The number of nitrogens with two attached hydrogens (primary N) is 2. The van der Waals surface area contributed by atoms with Gasteiger partial charge in [-0.3, -0.25) is 47.6 Å². The number of hydrogen-bond acceptors (Lipinski definition) is 19. The van der Waals surface area contributed by atoms with Gasteiger partial charge in [0.25, 0.3) is 0 Å². The summed E-state index contributed by atoms with van der Waals surface area (Å²) in [6.07, 6.45) is 2.28. The first-order valence-corrected chi connectivity index (χ1v) is 30.6. The number of rotatable bonds is 44. The Morgan fingerprint density at radius 3 is 1.61 bits per heavy atom. The SMILES string of the molecule is CC.CC.COP(=O)(O)OCCCCCCNC(=O)CCC(=O)N1Cc2ccccc2/C(N(N)CC(=O)NC(CCC(=O)NCCOCCOCCOCCNC(C)=O)C(=O)NCCOCCOCCOCCNC(C)=O)=C(/N)c2ccccc21. The zero-order valence-corrected chi connectivity index (χ0v) is 51.9. The topological polar surface area (TPSA) is 361 Å². The third kappa shape index (κ3) is 35.2. The van der Waals surface area contributed by atoms with Gasteiger partial charge in [-0.1, -0.05) is 83.0 Å². The number of carbonyl (C=O) groups is 7. The van der Waals surface area contributed by atoms with Crippen molar-refractivity contribution in [2.75, 3.05) is 137 Å². The average Bonchev–Trinajstić information content (AvgIpc) is 1.94. The fraction of sp³-hybridized carbons (Fsp3) is 0.632. The number of nitrogens with zero attached hydrogens (tertiary/aromatic N) is 2. The molecular weight excluding hydrogens is 1130 g/mol. The van der Waals surface area contributed by atoms with Gasteiger partial charge >= 0.3 is 7.82 Å². The standard InChI is InChI=1S/C53H85N10O17P.2C2H6/c1-40(64)56-21-26-74-30-34-78-36-32-76-28-23-59-47(66)17-16-45(53(70)60-24-29-77-33-37-79-35-31-75-27-22-57-41(2)65)61-49(68)39-63(55)52-43-13-7-6-12-42(43)38-62(46-15-9-8-14-44(46)51(52)54)50(69)19-18-48(67)58-20-10-4-5-11-25-80-81(71,72)73-3;2*1-2/h6-9,12-15,45H,4-5,10-11,16-39,54-55H2,1-3H3,(H,56,64)(H,57,65)(H,58,67)(H,59,66)(H,60,70)(H,61,68)(H,71,72);2*1-2H3/b52-51-;;. The molecule has 0 bridgehead atoms. The van der Waals surface area contributed by atoms with Crippen LogP contribution in [0.25, 0.3) is 11.4 Å². The molecule has 11 N–H and O–H groups in total. The van der Waals surface area contributed by atoms with Crippen LogP contribution in [0.4, 0.5) is 5.69 Å². The first-order valence-electron chi connectivity index (χ1n) is 29.1. The summed E-state index contributed by atoms with van der Waals surface area (Å²) in [5.41, 5.74) is 9.49. The highest BCUT2D eigenvalue weighted by molar-refractivity contribution is 7.47. The second-order valence-electron chi connectivity index (χ2n) is 18.2. The van der Waals surface area contributed by atoms with Crippen molar-refractivity contribution in [3.63, 3.8) is 0 Å². The van der Waals surface area contributed by atoms with Crippen molar-refractivity contribution < 1.29 is 80.5 Å². The van der Waals surface area contributed by atoms with Gasteiger partial charge in [-0.15, -0.1) is 0 Å². The zero-order valence-electron chi connectivity index (χ0n) is 51.0. The molecule has 0 saturated heterocycles. The van der Waals surface area contributed by atoms with Gasteiger partial charge in [0.15, 0.2) is 0 Å². The van der Waals surface area contributed by atoms with Crippen LogP contribution < -0.4 is 48.4 Å². The minimum atomic E-state index is -4.01. The second-order valence-corrected chi connectivity index (χ2v) is 19.8. The number of hydrogen-bond donors (Lipinski definition) is 9. The molecule has 7 amide bonds. The lowest BCUT2D eigenvalue weighted by Crippen LogP contribution is -2.51. The van der Waals surface area contributed by atoms with Gasteiger partial charge < -0.3 is 75.8 Å². The summed E-state index contributed by atoms with van der Waals surface area (Å²) in [5, 5.41) is 17.5. The van der Waals surface area contributed by atoms with E-state index >= 15 is 0 Å². The summed E-state index contributed by atoms with van der Waals surface area (Å²) in [4.78, 5) is 100. The van der Waals surface area contributed by atoms with Crippen molar-refractivity contribution in [1.82, 2.24) is 36.9 Å². The Hall–Kier alpha value is -6.10. The number of phosphoric acid groups is 1. The number of unbranched alkanes of at least 4 members (excludes halogenated alkanes) is 3. The van der Waals surface area contributed by atoms with E-state index in [9.17, 15) is 43.0 Å². The molecule has 1 aliphatic rings. The summed E-state index contributed by atoms with van der Waals surface area (Å²) in [7, 11) is -2.92. The molecule has 2 aromatic rings. The molecule has 0 aromatic heterocycles. The highest BCUT2D eigenvalue weighted by Crippen LogP contribution is 2.42. The van der Waals surface area contributed by atoms with Crippen LogP contribution in [0.2, 0.25) is 0 Å². The number of hydrazine groups is 1. The summed E-state index contributed by atoms with van der Waals surface area (Å²) in [5.74, 6) is 4.25. The minimum Gasteiger partial charge on any atom is -0.396 e. The molecule has 2 unspecified atom stereocenters. The zero-order chi connectivity index (χ0) is 63.1. The number of ether oxygens (including phenoxy) is 6. The molecule has 2 atom stereocenters. The van der Waals surface area contributed by atoms with Crippen LogP contribution in [0, 0.1) is 0 Å². The van der Waals surface area contributed by atoms with E-state index in [2.05, 4.69) is 36.4 Å². The van der Waals surface area contributed by atoms with Crippen LogP contribution in [-0.4, -0.2) is 190 Å². The number of carbonyl (C=O) groups excluding carboxylic acids is 7. The van der Waals surface area contributed by atoms with Gasteiger partial charge in [-0.2, -0.15) is 0 Å². The summed E-state index contributed by atoms with van der Waals surface area (Å²) in [6, 6.07) is 12.9. The Bertz CT molecular complexity index is 2330. The fourth-order valence-electron chi connectivity index (χ4n) is 7.79. The number of benzene rings is 2. The monoisotopic (exact) mass is 1220 g/mol. The number of anilines is 1. The van der Waals surface area contributed by atoms with Crippen molar-refractivity contribution in [3.05, 3.63) is 65.2 Å². The number of phosphoric ester groups is 1. The third-order valence-electron chi connectivity index (χ3n) is 11.8. The van der Waals surface area contributed by atoms with Crippen molar-refractivity contribution >= 4 is 66.3 Å². The predicted molar refractivity (Wildman–Crippen MR) is 322 cm³/mol. The Morgan fingerprint density at radius 1 is 0.588 bits per heavy atom. The number of fused-ring (bicyclic) bond motifs is 2. The molecule has 27 nitrogen and oxygen atoms in total. The smallest absolute Gasteiger partial charge is 0.396 e. The maximum atomic E-state index is 14.0. The maximum Gasteiger partial charge on any atom is 0.471 e. The van der Waals surface area contributed by atoms with E-state index in [1.165, 1.54) is 18.9 Å². The van der Waals surface area contributed by atoms with Gasteiger partial charge in [0.1, 0.15) is 12.6 Å². The first kappa shape index (κ1) is 76.9. The lowest BCUT2D eigenvalue weighted by atomic mass is 9.95. The summed E-state index contributed by atoms with van der Waals surface area (Å²) < 4.78 is 53.5. The average molecular weight is 1230 g/mol. The molecule has 0 fully saturated rings. The van der Waals surface area contributed by atoms with Gasteiger partial charge in [-0.05, 0) is 30.9 Å². The van der Waals surface area contributed by atoms with E-state index < -0.39 is 32.2 Å². The molecular formula is C57H97N10O17P. The van der Waals surface area contributed by atoms with Gasteiger partial charge in [-0.25, -0.2) is 10.4 Å². The lowest BCUT2D eigenvalue weighted by Gasteiger charge is -2.33. The lowest BCUT2D eigenvalue weighted by molar-refractivity contribution is -0.130. The van der Waals surface area contributed by atoms with E-state index in [4.69, 9.17) is 44.5 Å². The van der Waals surface area contributed by atoms with E-state index in [1.807, 2.05) is 27.7 Å². The van der Waals surface area contributed by atoms with Crippen molar-refractivity contribution in [1.29, 1.82) is 0 Å². The number of amides is 7. The number of nitrogens with one attached hydrogen (secondary N) is 6.